The van der Waals surface area contributed by atoms with E-state index < -0.39 is 0 Å². The van der Waals surface area contributed by atoms with Crippen LogP contribution < -0.4 is 31.1 Å². The number of amides is 6. The van der Waals surface area contributed by atoms with E-state index in [0.717, 1.165) is 177 Å². The molecule has 6 amide bonds. The molecule has 666 valence electrons. The highest BCUT2D eigenvalue weighted by atomic mass is 16.6. The second-order valence-corrected chi connectivity index (χ2v) is 34.8. The molecule has 2 aromatic carbocycles. The minimum Gasteiger partial charge on any atom is -0.379 e. The van der Waals surface area contributed by atoms with Crippen molar-refractivity contribution in [3.05, 3.63) is 70.8 Å². The SMILES string of the molecule is O=C(CCOCCOCCOCCOCCOCCOCCOCCOCCOCCOCCOCCOCCC(=O)NCCCCCCCCCCC(=O)Nc1ccc2c(c1)[C@@]13CCN4CC5=CCO[C@H]6CC(=O)N2[C@H]1[C@H]6[C@H]5C[C@H]43)NCCCCCCCCCCC(=O)Nc1ccc2c(c1)[C@@]13CCN4CC5=CCO[C@H]6CC(=O)N2[C@H]1[C@H]6[C@H]5C[C@H]43. The van der Waals surface area contributed by atoms with Crippen molar-refractivity contribution in [1.82, 2.24) is 20.4 Å². The van der Waals surface area contributed by atoms with E-state index in [0.29, 0.717) is 259 Å². The van der Waals surface area contributed by atoms with Gasteiger partial charge in [-0.25, -0.2) is 0 Å². The molecule has 2 saturated carbocycles. The molecular formula is C92H138N8O20. The Kier molecular flexibility index (Phi) is 35.3. The highest BCUT2D eigenvalue weighted by molar-refractivity contribution is 6.02. The number of anilines is 4. The number of hydrogen-bond donors (Lipinski definition) is 4. The van der Waals surface area contributed by atoms with Crippen molar-refractivity contribution in [2.24, 2.45) is 23.7 Å². The first kappa shape index (κ1) is 90.3. The van der Waals surface area contributed by atoms with Gasteiger partial charge in [0.15, 0.2) is 0 Å². The summed E-state index contributed by atoms with van der Waals surface area (Å²) in [5, 5.41) is 12.5. The fraction of sp³-hybridized carbons (Fsp3) is 0.761. The van der Waals surface area contributed by atoms with Gasteiger partial charge < -0.3 is 97.4 Å². The van der Waals surface area contributed by atoms with Crippen molar-refractivity contribution >= 4 is 58.2 Å². The van der Waals surface area contributed by atoms with Crippen molar-refractivity contribution < 1.29 is 95.1 Å². The summed E-state index contributed by atoms with van der Waals surface area (Å²) in [5.41, 5.74) is 9.12. The lowest BCUT2D eigenvalue weighted by atomic mass is 9.53. The minimum absolute atomic E-state index is 0.00218. The van der Waals surface area contributed by atoms with Crippen LogP contribution in [0.4, 0.5) is 22.7 Å². The number of benzene rings is 2. The second kappa shape index (κ2) is 46.9. The third-order valence-corrected chi connectivity index (χ3v) is 27.5. The van der Waals surface area contributed by atoms with Gasteiger partial charge in [0.25, 0.3) is 0 Å². The van der Waals surface area contributed by atoms with Crippen LogP contribution in [0.15, 0.2) is 59.7 Å². The van der Waals surface area contributed by atoms with E-state index >= 15 is 0 Å². The summed E-state index contributed by atoms with van der Waals surface area (Å²) in [5.74, 6) is 2.08. The molecule has 12 aliphatic rings. The van der Waals surface area contributed by atoms with Gasteiger partial charge in [-0.05, 0) is 124 Å². The molecule has 0 aromatic heterocycles. The fourth-order valence-electron chi connectivity index (χ4n) is 22.1. The Morgan fingerprint density at radius 3 is 1.02 bits per heavy atom. The molecule has 8 fully saturated rings. The maximum Gasteiger partial charge on any atom is 0.229 e. The molecular weight excluding hydrogens is 1540 g/mol. The van der Waals surface area contributed by atoms with Crippen LogP contribution in [0, 0.1) is 23.7 Å². The summed E-state index contributed by atoms with van der Waals surface area (Å²) >= 11 is 0. The number of nitrogens with one attached hydrogen (secondary N) is 4. The van der Waals surface area contributed by atoms with Crippen molar-refractivity contribution in [3.63, 3.8) is 0 Å². The molecule has 14 rings (SSSR count). The molecule has 0 unspecified atom stereocenters. The number of piperidine rings is 4. The van der Waals surface area contributed by atoms with E-state index in [4.69, 9.17) is 66.3 Å². The molecule has 120 heavy (non-hydrogen) atoms. The van der Waals surface area contributed by atoms with Crippen LogP contribution in [0.25, 0.3) is 0 Å². The Morgan fingerprint density at radius 2 is 0.683 bits per heavy atom. The lowest BCUT2D eigenvalue weighted by Gasteiger charge is -2.58. The van der Waals surface area contributed by atoms with Gasteiger partial charge in [0.05, 0.1) is 209 Å². The maximum atomic E-state index is 13.8. The van der Waals surface area contributed by atoms with Crippen LogP contribution in [-0.2, 0) is 106 Å². The van der Waals surface area contributed by atoms with Crippen LogP contribution >= 0.6 is 0 Å². The van der Waals surface area contributed by atoms with Gasteiger partial charge in [0.1, 0.15) is 0 Å². The van der Waals surface area contributed by atoms with Gasteiger partial charge in [-0.15, -0.1) is 0 Å². The van der Waals surface area contributed by atoms with Crippen LogP contribution in [0.2, 0.25) is 0 Å². The van der Waals surface area contributed by atoms with Crippen molar-refractivity contribution in [1.29, 1.82) is 0 Å². The zero-order valence-electron chi connectivity index (χ0n) is 71.4. The van der Waals surface area contributed by atoms with E-state index in [1.807, 2.05) is 12.1 Å². The molecule has 2 aliphatic carbocycles. The summed E-state index contributed by atoms with van der Waals surface area (Å²) in [6.45, 7) is 17.5. The summed E-state index contributed by atoms with van der Waals surface area (Å²) in [4.78, 5) is 88.3. The second-order valence-electron chi connectivity index (χ2n) is 34.8. The van der Waals surface area contributed by atoms with Gasteiger partial charge in [0, 0.05) is 109 Å². The summed E-state index contributed by atoms with van der Waals surface area (Å²) in [6, 6.07) is 13.7. The number of carbonyl (C=O) groups is 6. The van der Waals surface area contributed by atoms with Crippen molar-refractivity contribution in [2.45, 2.75) is 214 Å². The molecule has 4 bridgehead atoms. The van der Waals surface area contributed by atoms with Gasteiger partial charge in [-0.1, -0.05) is 100 Å². The van der Waals surface area contributed by atoms with Crippen molar-refractivity contribution in [2.75, 3.05) is 231 Å². The molecule has 10 heterocycles. The molecule has 2 spiro atoms. The fourth-order valence-corrected chi connectivity index (χ4v) is 22.1. The third-order valence-electron chi connectivity index (χ3n) is 27.5. The van der Waals surface area contributed by atoms with Gasteiger partial charge in [-0.2, -0.15) is 0 Å². The van der Waals surface area contributed by atoms with Gasteiger partial charge >= 0.3 is 0 Å². The predicted molar refractivity (Wildman–Crippen MR) is 452 cm³/mol. The average molecular weight is 1680 g/mol. The van der Waals surface area contributed by atoms with E-state index in [9.17, 15) is 28.8 Å². The van der Waals surface area contributed by atoms with Crippen molar-refractivity contribution in [3.8, 4) is 0 Å². The lowest BCUT2D eigenvalue weighted by Crippen LogP contribution is -2.69. The third kappa shape index (κ3) is 23.0. The standard InChI is InChI=1S/C92H138N8O20/c101-81(93-29-15-11-7-3-1-5-9-13-17-83(103)95-69-19-21-75-73(59-69)91-27-31-97-65-67-23-35-119-77-63-85(105)99(75)89(91)87(77)71(67)61-79(91)97)25-33-107-37-39-109-41-43-111-45-47-113-49-51-115-53-55-117-57-58-118-56-54-116-52-50-114-48-46-112-44-42-110-40-38-108-34-26-82(102)94-30-16-12-8-4-2-6-10-14-18-84(104)96-70-20-22-76-74(60-70)92-28-32-98-66-68-24-36-120-78-64-86(106)100(76)90(92)88(78)72(68)62-80(92)98/h19-24,59-60,71-72,77-80,87-90H,1-18,25-58,61-66H2,(H,93,101)(H,94,102)(H,95,103)(H,96,104)/t71-,72-,77-,78-,79-,80-,87-,88-,89-,90-,91+,92+/m0/s1. The van der Waals surface area contributed by atoms with Crippen LogP contribution in [0.5, 0.6) is 0 Å². The number of carbonyl (C=O) groups excluding carboxylic acids is 6. The zero-order valence-corrected chi connectivity index (χ0v) is 71.4. The number of hydrogen-bond acceptors (Lipinski definition) is 22. The highest BCUT2D eigenvalue weighted by Gasteiger charge is 2.73. The smallest absolute Gasteiger partial charge is 0.229 e. The van der Waals surface area contributed by atoms with E-state index in [2.05, 4.69) is 77.3 Å². The predicted octanol–water partition coefficient (Wildman–Crippen LogP) is 9.31. The zero-order chi connectivity index (χ0) is 82.6. The van der Waals surface area contributed by atoms with Crippen LogP contribution in [0.3, 0.4) is 0 Å². The number of nitrogens with zero attached hydrogens (tertiary/aromatic N) is 4. The Balaban J connectivity index is 0.305. The molecule has 28 heteroatoms. The molecule has 12 atom stereocenters. The van der Waals surface area contributed by atoms with E-state index in [-0.39, 0.29) is 70.6 Å². The largest absolute Gasteiger partial charge is 0.379 e. The lowest BCUT2D eigenvalue weighted by molar-refractivity contribution is -0.133. The minimum atomic E-state index is -0.111. The summed E-state index contributed by atoms with van der Waals surface area (Å²) in [6.07, 6.45) is 28.4. The first-order valence-electron chi connectivity index (χ1n) is 46.2. The summed E-state index contributed by atoms with van der Waals surface area (Å²) < 4.78 is 79.7. The molecule has 2 aromatic rings. The Bertz CT molecular complexity index is 3450. The molecule has 6 saturated heterocycles. The van der Waals surface area contributed by atoms with Gasteiger partial charge in [-0.3, -0.25) is 38.6 Å². The Labute approximate surface area is 710 Å². The van der Waals surface area contributed by atoms with Crippen LogP contribution in [0.1, 0.15) is 178 Å². The normalized spacial score (nSPS) is 26.0. The van der Waals surface area contributed by atoms with Crippen LogP contribution in [-0.4, -0.2) is 293 Å². The Morgan fingerprint density at radius 1 is 0.375 bits per heavy atom. The molecule has 10 aliphatic heterocycles. The molecule has 0 radical (unpaired) electrons. The molecule has 4 N–H and O–H groups in total. The number of unbranched alkanes of at least 4 members (excludes halogenated alkanes) is 14. The quantitative estimate of drug-likeness (QED) is 0.0354. The monoisotopic (exact) mass is 1680 g/mol. The number of ether oxygens (including phenoxy) is 14. The average Bonchev–Trinajstić information content (AvgIpc) is 1.50. The number of fused-ring (bicyclic) bond motifs is 4. The first-order valence-corrected chi connectivity index (χ1v) is 46.2. The Hall–Kier alpha value is -5.90. The topological polar surface area (TPSA) is 293 Å². The summed E-state index contributed by atoms with van der Waals surface area (Å²) in [7, 11) is 0. The maximum absolute atomic E-state index is 13.8. The number of rotatable bonds is 63. The first-order chi connectivity index (χ1) is 59.1. The highest BCUT2D eigenvalue weighted by Crippen LogP contribution is 2.68. The van der Waals surface area contributed by atoms with E-state index in [1.165, 1.54) is 22.3 Å². The van der Waals surface area contributed by atoms with Gasteiger partial charge in [0.2, 0.25) is 35.4 Å². The van der Waals surface area contributed by atoms with E-state index in [1.54, 1.807) is 0 Å². The molecule has 28 nitrogen and oxygen atoms in total.